The molecule has 1 aliphatic heterocycles. The Labute approximate surface area is 192 Å². The summed E-state index contributed by atoms with van der Waals surface area (Å²) in [5, 5.41) is 15.1. The van der Waals surface area contributed by atoms with E-state index < -0.39 is 0 Å². The highest BCUT2D eigenvalue weighted by atomic mass is 35.5. The summed E-state index contributed by atoms with van der Waals surface area (Å²) < 4.78 is 11.2. The Morgan fingerprint density at radius 1 is 1.09 bits per heavy atom. The molecular formula is C22H16ClN5O3S. The van der Waals surface area contributed by atoms with Gasteiger partial charge in [0.1, 0.15) is 11.8 Å². The van der Waals surface area contributed by atoms with Gasteiger partial charge in [-0.05, 0) is 42.0 Å². The van der Waals surface area contributed by atoms with E-state index >= 15 is 0 Å². The normalized spacial score (nSPS) is 15.7. The number of carbonyl (C=O) groups excluding carboxylic acids is 1. The molecule has 32 heavy (non-hydrogen) atoms. The highest BCUT2D eigenvalue weighted by Crippen LogP contribution is 2.34. The van der Waals surface area contributed by atoms with Gasteiger partial charge in [0.25, 0.3) is 11.1 Å². The second kappa shape index (κ2) is 8.97. The number of aromatic nitrogens is 3. The zero-order chi connectivity index (χ0) is 21.9. The number of halogens is 1. The Kier molecular flexibility index (Phi) is 5.74. The Hall–Kier alpha value is -3.43. The molecule has 1 aromatic carbocycles. The van der Waals surface area contributed by atoms with Crippen molar-refractivity contribution in [2.45, 2.75) is 17.7 Å². The minimum absolute atomic E-state index is 0.0899. The molecule has 8 nitrogen and oxygen atoms in total. The van der Waals surface area contributed by atoms with Gasteiger partial charge in [0.15, 0.2) is 0 Å². The first-order chi connectivity index (χ1) is 15.7. The molecule has 0 bridgehead atoms. The van der Waals surface area contributed by atoms with Crippen LogP contribution in [-0.4, -0.2) is 37.6 Å². The number of carbonyl (C=O) groups is 1. The Bertz CT molecular complexity index is 1240. The Morgan fingerprint density at radius 2 is 1.91 bits per heavy atom. The van der Waals surface area contributed by atoms with E-state index in [-0.39, 0.29) is 17.7 Å². The first kappa shape index (κ1) is 20.5. The highest BCUT2D eigenvalue weighted by molar-refractivity contribution is 7.99. The van der Waals surface area contributed by atoms with Crippen LogP contribution >= 0.6 is 23.4 Å². The number of thioether (sulfide) groups is 1. The number of furan rings is 1. The molecule has 5 rings (SSSR count). The molecule has 1 unspecified atom stereocenters. The summed E-state index contributed by atoms with van der Waals surface area (Å²) in [5.41, 5.74) is 2.47. The van der Waals surface area contributed by atoms with Gasteiger partial charge in [-0.1, -0.05) is 35.5 Å². The van der Waals surface area contributed by atoms with Crippen LogP contribution in [0.15, 0.2) is 86.3 Å². The molecule has 4 heterocycles. The predicted octanol–water partition coefficient (Wildman–Crippen LogP) is 4.85. The van der Waals surface area contributed by atoms with Gasteiger partial charge in [-0.2, -0.15) is 5.10 Å². The fourth-order valence-electron chi connectivity index (χ4n) is 3.33. The summed E-state index contributed by atoms with van der Waals surface area (Å²) in [6.07, 6.45) is 5.42. The fraction of sp³-hybridized carbons (Fsp3) is 0.136. The number of amides is 1. The van der Waals surface area contributed by atoms with Crippen LogP contribution in [0.2, 0.25) is 5.02 Å². The van der Waals surface area contributed by atoms with E-state index in [2.05, 4.69) is 20.3 Å². The minimum atomic E-state index is -0.321. The second-order valence-electron chi connectivity index (χ2n) is 6.92. The molecule has 1 aliphatic rings. The highest BCUT2D eigenvalue weighted by Gasteiger charge is 2.35. The van der Waals surface area contributed by atoms with Crippen molar-refractivity contribution in [3.8, 4) is 11.5 Å². The zero-order valence-electron chi connectivity index (χ0n) is 16.6. The van der Waals surface area contributed by atoms with Crippen molar-refractivity contribution >= 4 is 35.0 Å². The van der Waals surface area contributed by atoms with Crippen LogP contribution in [0.3, 0.4) is 0 Å². The number of hydrazone groups is 1. The maximum Gasteiger partial charge on any atom is 0.277 e. The van der Waals surface area contributed by atoms with E-state index in [0.717, 1.165) is 28.6 Å². The molecular weight excluding hydrogens is 450 g/mol. The number of nitrogens with zero attached hydrogens (tertiary/aromatic N) is 5. The van der Waals surface area contributed by atoms with Crippen LogP contribution in [-0.2, 0) is 4.79 Å². The molecule has 0 aliphatic carbocycles. The largest absolute Gasteiger partial charge is 0.467 e. The monoisotopic (exact) mass is 465 g/mol. The quantitative estimate of drug-likeness (QED) is 0.375. The van der Waals surface area contributed by atoms with Crippen molar-refractivity contribution < 1.29 is 13.6 Å². The summed E-state index contributed by atoms with van der Waals surface area (Å²) in [5.74, 6) is 0.949. The first-order valence-electron chi connectivity index (χ1n) is 9.73. The van der Waals surface area contributed by atoms with E-state index in [0.29, 0.717) is 28.3 Å². The Morgan fingerprint density at radius 3 is 2.66 bits per heavy atom. The summed E-state index contributed by atoms with van der Waals surface area (Å²) in [4.78, 5) is 17.0. The molecule has 4 aromatic rings. The third kappa shape index (κ3) is 4.30. The predicted molar refractivity (Wildman–Crippen MR) is 119 cm³/mol. The summed E-state index contributed by atoms with van der Waals surface area (Å²) in [6, 6.07) is 14.3. The number of pyridine rings is 1. The molecule has 0 spiro atoms. The van der Waals surface area contributed by atoms with Gasteiger partial charge < -0.3 is 8.83 Å². The van der Waals surface area contributed by atoms with Gasteiger partial charge in [0, 0.05) is 29.4 Å². The average molecular weight is 466 g/mol. The standard InChI is InChI=1S/C22H16ClN5O3S/c23-16-5-3-14(4-6-16)17-12-18(19-2-1-11-30-19)28(27-17)20(29)13-32-22-26-25-21(31-22)15-7-9-24-10-8-15/h1-11,18H,12-13H2. The van der Waals surface area contributed by atoms with Crippen LogP contribution in [0.4, 0.5) is 0 Å². The maximum atomic E-state index is 13.1. The SMILES string of the molecule is O=C(CSc1nnc(-c2ccncc2)o1)N1N=C(c2ccc(Cl)cc2)CC1c1ccco1. The van der Waals surface area contributed by atoms with Crippen molar-refractivity contribution in [3.05, 3.63) is 83.5 Å². The van der Waals surface area contributed by atoms with E-state index in [1.165, 1.54) is 5.01 Å². The topological polar surface area (TPSA) is 97.6 Å². The summed E-state index contributed by atoms with van der Waals surface area (Å²) in [7, 11) is 0. The lowest BCUT2D eigenvalue weighted by Crippen LogP contribution is -2.28. The number of benzene rings is 1. The van der Waals surface area contributed by atoms with E-state index in [1.54, 1.807) is 49.0 Å². The smallest absolute Gasteiger partial charge is 0.277 e. The van der Waals surface area contributed by atoms with Crippen molar-refractivity contribution in [1.82, 2.24) is 20.2 Å². The molecule has 1 atom stereocenters. The second-order valence-corrected chi connectivity index (χ2v) is 8.29. The van der Waals surface area contributed by atoms with Gasteiger partial charge in [0.05, 0.1) is 17.7 Å². The molecule has 0 saturated carbocycles. The molecule has 0 radical (unpaired) electrons. The number of rotatable bonds is 6. The van der Waals surface area contributed by atoms with Crippen LogP contribution in [0.1, 0.15) is 23.8 Å². The van der Waals surface area contributed by atoms with E-state index in [1.807, 2.05) is 18.2 Å². The van der Waals surface area contributed by atoms with Crippen molar-refractivity contribution in [1.29, 1.82) is 0 Å². The van der Waals surface area contributed by atoms with Crippen molar-refractivity contribution in [3.63, 3.8) is 0 Å². The van der Waals surface area contributed by atoms with Crippen LogP contribution in [0.5, 0.6) is 0 Å². The number of hydrogen-bond acceptors (Lipinski definition) is 8. The first-order valence-corrected chi connectivity index (χ1v) is 11.1. The lowest BCUT2D eigenvalue weighted by Gasteiger charge is -2.19. The molecule has 0 N–H and O–H groups in total. The van der Waals surface area contributed by atoms with Crippen LogP contribution in [0, 0.1) is 0 Å². The fourth-order valence-corrected chi connectivity index (χ4v) is 4.07. The number of hydrogen-bond donors (Lipinski definition) is 0. The molecule has 0 fully saturated rings. The summed E-state index contributed by atoms with van der Waals surface area (Å²) in [6.45, 7) is 0. The molecule has 3 aromatic heterocycles. The summed E-state index contributed by atoms with van der Waals surface area (Å²) >= 11 is 7.17. The van der Waals surface area contributed by atoms with E-state index in [9.17, 15) is 4.79 Å². The van der Waals surface area contributed by atoms with Crippen molar-refractivity contribution in [2.75, 3.05) is 5.75 Å². The zero-order valence-corrected chi connectivity index (χ0v) is 18.2. The van der Waals surface area contributed by atoms with Gasteiger partial charge in [0.2, 0.25) is 5.89 Å². The molecule has 0 saturated heterocycles. The average Bonchev–Trinajstić information content (AvgIpc) is 3.59. The third-order valence-electron chi connectivity index (χ3n) is 4.87. The van der Waals surface area contributed by atoms with Crippen LogP contribution in [0.25, 0.3) is 11.5 Å². The van der Waals surface area contributed by atoms with Crippen molar-refractivity contribution in [2.24, 2.45) is 5.10 Å². The lowest BCUT2D eigenvalue weighted by atomic mass is 10.0. The lowest BCUT2D eigenvalue weighted by molar-refractivity contribution is -0.130. The maximum absolute atomic E-state index is 13.1. The van der Waals surface area contributed by atoms with Crippen LogP contribution < -0.4 is 0 Å². The van der Waals surface area contributed by atoms with Gasteiger partial charge >= 0.3 is 0 Å². The minimum Gasteiger partial charge on any atom is -0.467 e. The molecule has 10 heteroatoms. The van der Waals surface area contributed by atoms with Gasteiger partial charge in [-0.15, -0.1) is 10.2 Å². The Balaban J connectivity index is 1.32. The molecule has 1 amide bonds. The third-order valence-corrected chi connectivity index (χ3v) is 5.92. The molecule has 160 valence electrons. The van der Waals surface area contributed by atoms with Gasteiger partial charge in [-0.25, -0.2) is 5.01 Å². The van der Waals surface area contributed by atoms with E-state index in [4.69, 9.17) is 20.4 Å². The van der Waals surface area contributed by atoms with Gasteiger partial charge in [-0.3, -0.25) is 9.78 Å².